The van der Waals surface area contributed by atoms with E-state index in [4.69, 9.17) is 23.2 Å². The Kier molecular flexibility index (Phi) is 4.95. The van der Waals surface area contributed by atoms with Gasteiger partial charge in [0.05, 0.1) is 5.69 Å². The van der Waals surface area contributed by atoms with E-state index in [0.29, 0.717) is 16.5 Å². The van der Waals surface area contributed by atoms with Crippen LogP contribution in [0.2, 0.25) is 10.0 Å². The minimum atomic E-state index is -1.23. The lowest BCUT2D eigenvalue weighted by Crippen LogP contribution is -2.53. The maximum absolute atomic E-state index is 13.8. The number of carbonyl (C=O) groups excluding carboxylic acids is 3. The fraction of sp³-hybridized carbons (Fsp3) is 0.286. The Morgan fingerprint density at radius 1 is 1.10 bits per heavy atom. The largest absolute Gasteiger partial charge is 0.339 e. The molecule has 29 heavy (non-hydrogen) atoms. The minimum absolute atomic E-state index is 0.261. The molecule has 1 heterocycles. The minimum Gasteiger partial charge on any atom is -0.275 e. The third-order valence-electron chi connectivity index (χ3n) is 5.88. The summed E-state index contributed by atoms with van der Waals surface area (Å²) >= 11 is 12.2. The normalized spacial score (nSPS) is 24.0. The molecule has 5 nitrogen and oxygen atoms in total. The van der Waals surface area contributed by atoms with E-state index in [-0.39, 0.29) is 11.6 Å². The second-order valence-electron chi connectivity index (χ2n) is 7.68. The molecular formula is C21H19BCl2N2O3. The molecule has 0 radical (unpaired) electrons. The molecule has 8 heteroatoms. The Bertz CT molecular complexity index is 1010. The van der Waals surface area contributed by atoms with Crippen LogP contribution >= 0.6 is 23.2 Å². The second kappa shape index (κ2) is 7.19. The Labute approximate surface area is 180 Å². The maximum Gasteiger partial charge on any atom is 0.339 e. The van der Waals surface area contributed by atoms with Crippen LogP contribution in [0.3, 0.4) is 0 Å². The summed E-state index contributed by atoms with van der Waals surface area (Å²) < 4.78 is 0. The standard InChI is InChI=1S/C21H19BCl2N2O3/c1-12(27)26-20(29)25(17-10-15(23)9-16(24)11-17)19(28)21(26)8-2-3-18(21)13-4-6-14(22)7-5-13/h4-7,9-11,18H,2-3,8,22H2,1H3/t18-,21+/m0/s1. The van der Waals surface area contributed by atoms with Crippen LogP contribution in [-0.4, -0.2) is 36.1 Å². The summed E-state index contributed by atoms with van der Waals surface area (Å²) in [4.78, 5) is 41.8. The summed E-state index contributed by atoms with van der Waals surface area (Å²) in [5.74, 6) is -1.11. The first-order chi connectivity index (χ1) is 13.8. The Hall–Kier alpha value is -2.31. The molecule has 1 aliphatic carbocycles. The van der Waals surface area contributed by atoms with Gasteiger partial charge in [0, 0.05) is 22.9 Å². The predicted molar refractivity (Wildman–Crippen MR) is 116 cm³/mol. The van der Waals surface area contributed by atoms with Gasteiger partial charge in [0.1, 0.15) is 13.4 Å². The zero-order valence-corrected chi connectivity index (χ0v) is 17.6. The predicted octanol–water partition coefficient (Wildman–Crippen LogP) is 3.27. The first kappa shape index (κ1) is 20.0. The van der Waals surface area contributed by atoms with Crippen LogP contribution in [0, 0.1) is 0 Å². The van der Waals surface area contributed by atoms with E-state index in [0.717, 1.165) is 33.7 Å². The first-order valence-corrected chi connectivity index (χ1v) is 10.2. The van der Waals surface area contributed by atoms with Crippen molar-refractivity contribution in [1.82, 2.24) is 4.90 Å². The highest BCUT2D eigenvalue weighted by Crippen LogP contribution is 2.51. The Balaban J connectivity index is 1.87. The third kappa shape index (κ3) is 3.06. The van der Waals surface area contributed by atoms with E-state index >= 15 is 0 Å². The fourth-order valence-electron chi connectivity index (χ4n) is 4.71. The summed E-state index contributed by atoms with van der Waals surface area (Å²) in [6.45, 7) is 1.33. The average molecular weight is 429 g/mol. The zero-order valence-electron chi connectivity index (χ0n) is 16.1. The Morgan fingerprint density at radius 2 is 1.72 bits per heavy atom. The van der Waals surface area contributed by atoms with E-state index < -0.39 is 23.4 Å². The van der Waals surface area contributed by atoms with E-state index in [1.165, 1.54) is 25.1 Å². The molecule has 2 fully saturated rings. The summed E-state index contributed by atoms with van der Waals surface area (Å²) in [5.41, 5.74) is 1.10. The zero-order chi connectivity index (χ0) is 20.9. The number of halogens is 2. The van der Waals surface area contributed by atoms with Crippen LogP contribution in [0.5, 0.6) is 0 Å². The van der Waals surface area contributed by atoms with Gasteiger partial charge in [-0.1, -0.05) is 52.9 Å². The molecule has 0 N–H and O–H groups in total. The third-order valence-corrected chi connectivity index (χ3v) is 6.32. The van der Waals surface area contributed by atoms with Gasteiger partial charge >= 0.3 is 6.03 Å². The molecule has 4 rings (SSSR count). The smallest absolute Gasteiger partial charge is 0.275 e. The molecule has 2 aromatic rings. The van der Waals surface area contributed by atoms with Crippen molar-refractivity contribution in [3.8, 4) is 0 Å². The first-order valence-electron chi connectivity index (χ1n) is 9.47. The van der Waals surface area contributed by atoms with Crippen molar-refractivity contribution in [2.75, 3.05) is 4.90 Å². The van der Waals surface area contributed by atoms with Gasteiger partial charge in [0.25, 0.3) is 5.91 Å². The van der Waals surface area contributed by atoms with Crippen molar-refractivity contribution in [2.45, 2.75) is 37.6 Å². The lowest BCUT2D eigenvalue weighted by molar-refractivity contribution is -0.137. The number of anilines is 1. The monoisotopic (exact) mass is 428 g/mol. The second-order valence-corrected chi connectivity index (χ2v) is 8.56. The van der Waals surface area contributed by atoms with Gasteiger partial charge in [0.2, 0.25) is 5.91 Å². The molecule has 1 aliphatic heterocycles. The van der Waals surface area contributed by atoms with Crippen molar-refractivity contribution >= 4 is 60.0 Å². The number of benzene rings is 2. The van der Waals surface area contributed by atoms with Crippen molar-refractivity contribution in [3.63, 3.8) is 0 Å². The number of nitrogens with zero attached hydrogens (tertiary/aromatic N) is 2. The molecule has 0 bridgehead atoms. The molecule has 148 valence electrons. The molecule has 1 spiro atoms. The molecule has 1 saturated carbocycles. The van der Waals surface area contributed by atoms with Crippen LogP contribution in [0.4, 0.5) is 10.5 Å². The highest BCUT2D eigenvalue weighted by molar-refractivity contribution is 6.36. The summed E-state index contributed by atoms with van der Waals surface area (Å²) in [7, 11) is 1.99. The lowest BCUT2D eigenvalue weighted by Gasteiger charge is -2.35. The van der Waals surface area contributed by atoms with Crippen molar-refractivity contribution in [3.05, 3.63) is 58.1 Å². The number of rotatable bonds is 2. The van der Waals surface area contributed by atoms with Gasteiger partial charge in [-0.25, -0.2) is 14.6 Å². The summed E-state index contributed by atoms with van der Waals surface area (Å²) in [6.07, 6.45) is 1.89. The molecule has 0 unspecified atom stereocenters. The highest BCUT2D eigenvalue weighted by atomic mass is 35.5. The van der Waals surface area contributed by atoms with E-state index in [1.54, 1.807) is 0 Å². The quantitative estimate of drug-likeness (QED) is 0.544. The molecular weight excluding hydrogens is 410 g/mol. The fourth-order valence-corrected chi connectivity index (χ4v) is 5.23. The van der Waals surface area contributed by atoms with Gasteiger partial charge in [-0.15, -0.1) is 0 Å². The van der Waals surface area contributed by atoms with Gasteiger partial charge in [-0.2, -0.15) is 0 Å². The summed E-state index contributed by atoms with van der Waals surface area (Å²) in [6, 6.07) is 11.8. The number of hydrogen-bond donors (Lipinski definition) is 0. The average Bonchev–Trinajstić information content (AvgIpc) is 3.15. The number of urea groups is 1. The number of hydrogen-bond acceptors (Lipinski definition) is 3. The van der Waals surface area contributed by atoms with E-state index in [2.05, 4.69) is 0 Å². The highest BCUT2D eigenvalue weighted by Gasteiger charge is 2.65. The Morgan fingerprint density at radius 3 is 2.31 bits per heavy atom. The van der Waals surface area contributed by atoms with E-state index in [1.807, 2.05) is 32.1 Å². The van der Waals surface area contributed by atoms with Gasteiger partial charge in [-0.05, 0) is 43.0 Å². The number of carbonyl (C=O) groups is 3. The van der Waals surface area contributed by atoms with Crippen LogP contribution < -0.4 is 10.4 Å². The topological polar surface area (TPSA) is 57.7 Å². The van der Waals surface area contributed by atoms with E-state index in [9.17, 15) is 14.4 Å². The van der Waals surface area contributed by atoms with Crippen LogP contribution in [0.25, 0.3) is 0 Å². The van der Waals surface area contributed by atoms with Crippen LogP contribution in [0.1, 0.15) is 37.7 Å². The summed E-state index contributed by atoms with van der Waals surface area (Å²) in [5, 5.41) is 0.620. The molecule has 2 aromatic carbocycles. The van der Waals surface area contributed by atoms with Crippen molar-refractivity contribution in [1.29, 1.82) is 0 Å². The molecule has 0 aromatic heterocycles. The number of imide groups is 2. The van der Waals surface area contributed by atoms with Gasteiger partial charge in [-0.3, -0.25) is 9.59 Å². The maximum atomic E-state index is 13.8. The molecule has 2 atom stereocenters. The number of amides is 4. The van der Waals surface area contributed by atoms with Crippen molar-refractivity contribution in [2.24, 2.45) is 0 Å². The SMILES string of the molecule is Bc1ccc([C@@H]2CCC[C@]23C(=O)N(c2cc(Cl)cc(Cl)c2)C(=O)N3C(C)=O)cc1. The van der Waals surface area contributed by atoms with Gasteiger partial charge in [0.15, 0.2) is 0 Å². The van der Waals surface area contributed by atoms with Crippen LogP contribution in [0.15, 0.2) is 42.5 Å². The van der Waals surface area contributed by atoms with Crippen molar-refractivity contribution < 1.29 is 14.4 Å². The van der Waals surface area contributed by atoms with Gasteiger partial charge < -0.3 is 0 Å². The molecule has 4 amide bonds. The molecule has 1 saturated heterocycles. The lowest BCUT2D eigenvalue weighted by atomic mass is 9.79. The van der Waals surface area contributed by atoms with Crippen LogP contribution in [-0.2, 0) is 9.59 Å². The molecule has 2 aliphatic rings.